The first-order valence-electron chi connectivity index (χ1n) is 5.38. The van der Waals surface area contributed by atoms with Gasteiger partial charge in [0.05, 0.1) is 0 Å². The Hall–Kier alpha value is -2.11. The second kappa shape index (κ2) is 4.87. The van der Waals surface area contributed by atoms with Gasteiger partial charge in [0.1, 0.15) is 0 Å². The molecular weight excluding hydrogens is 314 g/mol. The van der Waals surface area contributed by atoms with Gasteiger partial charge in [0.2, 0.25) is 0 Å². The Kier molecular flexibility index (Phi) is 3.06. The number of anilines is 1. The molecule has 0 saturated carbocycles. The summed E-state index contributed by atoms with van der Waals surface area (Å²) in [5.41, 5.74) is 1.91. The van der Waals surface area contributed by atoms with Crippen LogP contribution in [0.2, 0.25) is 0 Å². The van der Waals surface area contributed by atoms with Gasteiger partial charge in [-0.05, 0) is 0 Å². The number of nitrogens with one attached hydrogen (secondary N) is 1. The van der Waals surface area contributed by atoms with Crippen LogP contribution in [0.5, 0.6) is 0 Å². The summed E-state index contributed by atoms with van der Waals surface area (Å²) in [5.74, 6) is -1.18. The van der Waals surface area contributed by atoms with Crippen LogP contribution in [-0.4, -0.2) is 25.5 Å². The van der Waals surface area contributed by atoms with Crippen LogP contribution < -0.4 is 5.32 Å². The van der Waals surface area contributed by atoms with E-state index in [1.807, 2.05) is 6.07 Å². The zero-order valence-corrected chi connectivity index (χ0v) is 11.2. The van der Waals surface area contributed by atoms with Gasteiger partial charge in [-0.3, -0.25) is 0 Å². The molecule has 0 unspecified atom stereocenters. The summed E-state index contributed by atoms with van der Waals surface area (Å²) >= 11 is -0.176. The third kappa shape index (κ3) is 2.25. The van der Waals surface area contributed by atoms with Crippen LogP contribution in [0.15, 0.2) is 44.6 Å². The summed E-state index contributed by atoms with van der Waals surface area (Å²) < 4.78 is 21.9. The van der Waals surface area contributed by atoms with Gasteiger partial charge in [0.15, 0.2) is 0 Å². The molecule has 7 heteroatoms. The van der Waals surface area contributed by atoms with Crippen LogP contribution in [0.3, 0.4) is 0 Å². The minimum absolute atomic E-state index is 0.0481. The molecule has 0 bridgehead atoms. The molecule has 1 aromatic carbocycles. The van der Waals surface area contributed by atoms with E-state index >= 15 is 0 Å². The van der Waals surface area contributed by atoms with E-state index < -0.39 is 11.7 Å². The SMILES string of the molecule is O=C(Nc1cccc2c1N=[Se]=N2)c1ccncc1F. The van der Waals surface area contributed by atoms with E-state index in [0.29, 0.717) is 11.4 Å². The fraction of sp³-hybridized carbons (Fsp3) is 0. The zero-order chi connectivity index (χ0) is 13.2. The predicted octanol–water partition coefficient (Wildman–Crippen LogP) is 2.82. The normalized spacial score (nSPS) is 11.8. The summed E-state index contributed by atoms with van der Waals surface area (Å²) in [4.78, 5) is 15.6. The number of carbonyl (C=O) groups is 1. The van der Waals surface area contributed by atoms with E-state index in [0.717, 1.165) is 11.9 Å². The van der Waals surface area contributed by atoms with E-state index in [1.165, 1.54) is 12.3 Å². The number of rotatable bonds is 2. The van der Waals surface area contributed by atoms with Gasteiger partial charge in [-0.25, -0.2) is 0 Å². The molecule has 2 heterocycles. The Bertz CT molecular complexity index is 740. The molecule has 0 saturated heterocycles. The van der Waals surface area contributed by atoms with Gasteiger partial charge >= 0.3 is 113 Å². The zero-order valence-electron chi connectivity index (χ0n) is 9.50. The average Bonchev–Trinajstić information content (AvgIpc) is 2.88. The summed E-state index contributed by atoms with van der Waals surface area (Å²) in [6.07, 6.45) is 2.38. The summed E-state index contributed by atoms with van der Waals surface area (Å²) in [5, 5.41) is 2.65. The molecule has 2 aromatic rings. The number of nitrogens with zero attached hydrogens (tertiary/aromatic N) is 3. The van der Waals surface area contributed by atoms with Crippen molar-refractivity contribution >= 4 is 37.5 Å². The molecule has 3 rings (SSSR count). The third-order valence-corrected chi connectivity index (χ3v) is 3.69. The van der Waals surface area contributed by atoms with E-state index in [-0.39, 0.29) is 20.1 Å². The maximum absolute atomic E-state index is 13.5. The van der Waals surface area contributed by atoms with Crippen molar-refractivity contribution in [1.82, 2.24) is 4.98 Å². The van der Waals surface area contributed by atoms with Crippen molar-refractivity contribution in [2.45, 2.75) is 0 Å². The molecule has 0 atom stereocenters. The Balaban J connectivity index is 1.91. The molecule has 1 amide bonds. The fourth-order valence-corrected chi connectivity index (χ4v) is 2.81. The Morgan fingerprint density at radius 1 is 1.26 bits per heavy atom. The number of amides is 1. The number of benzene rings is 1. The summed E-state index contributed by atoms with van der Waals surface area (Å²) in [6.45, 7) is 0. The van der Waals surface area contributed by atoms with Crippen LogP contribution in [0, 0.1) is 5.82 Å². The van der Waals surface area contributed by atoms with E-state index in [9.17, 15) is 9.18 Å². The van der Waals surface area contributed by atoms with E-state index in [1.54, 1.807) is 12.1 Å². The van der Waals surface area contributed by atoms with Crippen LogP contribution in [-0.2, 0) is 0 Å². The van der Waals surface area contributed by atoms with Crippen LogP contribution in [0.4, 0.5) is 21.5 Å². The van der Waals surface area contributed by atoms with E-state index in [2.05, 4.69) is 18.2 Å². The number of hydrogen-bond donors (Lipinski definition) is 1. The van der Waals surface area contributed by atoms with Crippen molar-refractivity contribution in [3.63, 3.8) is 0 Å². The summed E-state index contributed by atoms with van der Waals surface area (Å²) in [7, 11) is 0. The van der Waals surface area contributed by atoms with Gasteiger partial charge in [-0.2, -0.15) is 0 Å². The second-order valence-electron chi connectivity index (χ2n) is 3.75. The van der Waals surface area contributed by atoms with Crippen molar-refractivity contribution in [3.8, 4) is 0 Å². The van der Waals surface area contributed by atoms with Crippen LogP contribution >= 0.6 is 0 Å². The van der Waals surface area contributed by atoms with Crippen molar-refractivity contribution < 1.29 is 9.18 Å². The molecule has 0 spiro atoms. The van der Waals surface area contributed by atoms with Gasteiger partial charge in [0, 0.05) is 0 Å². The molecule has 1 aliphatic rings. The minimum atomic E-state index is -0.654. The molecule has 1 aliphatic heterocycles. The Morgan fingerprint density at radius 3 is 3.00 bits per heavy atom. The molecule has 19 heavy (non-hydrogen) atoms. The first-order chi connectivity index (χ1) is 9.25. The topological polar surface area (TPSA) is 66.7 Å². The Labute approximate surface area is 113 Å². The van der Waals surface area contributed by atoms with Crippen LogP contribution in [0.25, 0.3) is 0 Å². The van der Waals surface area contributed by atoms with Crippen LogP contribution in [0.1, 0.15) is 10.4 Å². The van der Waals surface area contributed by atoms with Gasteiger partial charge < -0.3 is 0 Å². The second-order valence-corrected chi connectivity index (χ2v) is 4.86. The maximum atomic E-state index is 13.5. The number of aromatic nitrogens is 1. The molecule has 5 nitrogen and oxygen atoms in total. The first kappa shape index (κ1) is 12.0. The number of carbonyl (C=O) groups excluding carboxylic acids is 1. The molecular formula is C12H7FN4OSe. The van der Waals surface area contributed by atoms with Crippen molar-refractivity contribution in [3.05, 3.63) is 48.0 Å². The molecule has 1 aromatic heterocycles. The van der Waals surface area contributed by atoms with Crippen molar-refractivity contribution in [2.75, 3.05) is 5.32 Å². The fourth-order valence-electron chi connectivity index (χ4n) is 1.66. The number of halogens is 1. The third-order valence-electron chi connectivity index (χ3n) is 2.55. The van der Waals surface area contributed by atoms with Crippen molar-refractivity contribution in [2.24, 2.45) is 7.92 Å². The number of hydrogen-bond acceptors (Lipinski definition) is 4. The molecule has 0 fully saturated rings. The molecule has 1 N–H and O–H groups in total. The quantitative estimate of drug-likeness (QED) is 0.738. The van der Waals surface area contributed by atoms with Crippen molar-refractivity contribution in [1.29, 1.82) is 0 Å². The van der Waals surface area contributed by atoms with Gasteiger partial charge in [-0.1, -0.05) is 0 Å². The van der Waals surface area contributed by atoms with E-state index in [4.69, 9.17) is 0 Å². The van der Waals surface area contributed by atoms with Gasteiger partial charge in [-0.15, -0.1) is 0 Å². The number of fused-ring (bicyclic) bond motifs is 1. The average molecular weight is 321 g/mol. The molecule has 0 radical (unpaired) electrons. The standard InChI is InChI=1S/C12H7FN4OSe/c13-8-6-14-5-4-7(8)12(18)15-9-2-1-3-10-11(9)17-19-16-10/h1-6H,(H,15,18). The molecule has 94 valence electrons. The number of pyridine rings is 1. The monoisotopic (exact) mass is 322 g/mol. The summed E-state index contributed by atoms with van der Waals surface area (Å²) in [6, 6.07) is 6.66. The molecule has 0 aliphatic carbocycles. The van der Waals surface area contributed by atoms with Gasteiger partial charge in [0.25, 0.3) is 0 Å². The predicted molar refractivity (Wildman–Crippen MR) is 68.5 cm³/mol. The first-order valence-corrected chi connectivity index (χ1v) is 6.91. The Morgan fingerprint density at radius 2 is 2.16 bits per heavy atom.